The van der Waals surface area contributed by atoms with Crippen molar-refractivity contribution in [1.82, 2.24) is 0 Å². The Bertz CT molecular complexity index is 445. The first-order valence-corrected chi connectivity index (χ1v) is 9.68. The van der Waals surface area contributed by atoms with Gasteiger partial charge >= 0.3 is 5.97 Å². The molecule has 1 fully saturated rings. The van der Waals surface area contributed by atoms with Crippen molar-refractivity contribution < 1.29 is 24.2 Å². The van der Waals surface area contributed by atoms with E-state index in [-0.39, 0.29) is 41.7 Å². The van der Waals surface area contributed by atoms with Crippen LogP contribution >= 0.6 is 0 Å². The maximum atomic E-state index is 12.2. The Kier molecular flexibility index (Phi) is 9.94. The van der Waals surface area contributed by atoms with Crippen LogP contribution in [0.15, 0.2) is 0 Å². The highest BCUT2D eigenvalue weighted by molar-refractivity contribution is 5.84. The minimum Gasteiger partial charge on any atom is -0.469 e. The van der Waals surface area contributed by atoms with Gasteiger partial charge in [0.15, 0.2) is 0 Å². The number of methoxy groups -OCH3 is 1. The summed E-state index contributed by atoms with van der Waals surface area (Å²) in [6, 6.07) is 0. The van der Waals surface area contributed by atoms with E-state index in [0.29, 0.717) is 32.1 Å². The molecule has 144 valence electrons. The zero-order valence-corrected chi connectivity index (χ0v) is 16.0. The second-order valence-corrected chi connectivity index (χ2v) is 7.51. The number of carbonyl (C=O) groups excluding carboxylic acids is 3. The number of rotatable bonds is 12. The lowest BCUT2D eigenvalue weighted by Gasteiger charge is -2.22. The molecule has 1 aliphatic rings. The van der Waals surface area contributed by atoms with Gasteiger partial charge in [-0.15, -0.1) is 0 Å². The molecule has 0 bridgehead atoms. The Morgan fingerprint density at radius 3 is 2.60 bits per heavy atom. The van der Waals surface area contributed by atoms with E-state index in [1.165, 1.54) is 7.11 Å². The maximum Gasteiger partial charge on any atom is 0.305 e. The van der Waals surface area contributed by atoms with Crippen LogP contribution in [-0.4, -0.2) is 35.9 Å². The molecular formula is C20H34O5. The van der Waals surface area contributed by atoms with Gasteiger partial charge in [-0.1, -0.05) is 26.7 Å². The highest BCUT2D eigenvalue weighted by Crippen LogP contribution is 2.37. The van der Waals surface area contributed by atoms with Crippen LogP contribution in [0.1, 0.15) is 78.1 Å². The molecule has 25 heavy (non-hydrogen) atoms. The van der Waals surface area contributed by atoms with Crippen molar-refractivity contribution in [3.8, 4) is 0 Å². The second kappa shape index (κ2) is 11.4. The summed E-state index contributed by atoms with van der Waals surface area (Å²) in [4.78, 5) is 35.5. The summed E-state index contributed by atoms with van der Waals surface area (Å²) >= 11 is 0. The van der Waals surface area contributed by atoms with Crippen molar-refractivity contribution in [2.24, 2.45) is 17.8 Å². The third-order valence-corrected chi connectivity index (χ3v) is 5.36. The van der Waals surface area contributed by atoms with Gasteiger partial charge in [0.05, 0.1) is 13.2 Å². The maximum absolute atomic E-state index is 12.2. The lowest BCUT2D eigenvalue weighted by Crippen LogP contribution is -2.22. The normalized spacial score (nSPS) is 24.3. The molecule has 1 rings (SSSR count). The van der Waals surface area contributed by atoms with E-state index in [4.69, 9.17) is 0 Å². The number of ketones is 2. The topological polar surface area (TPSA) is 80.7 Å². The molecular weight excluding hydrogens is 320 g/mol. The number of aliphatic hydroxyl groups excluding tert-OH is 1. The molecule has 1 saturated carbocycles. The van der Waals surface area contributed by atoms with Crippen molar-refractivity contribution in [2.75, 3.05) is 7.11 Å². The van der Waals surface area contributed by atoms with Crippen LogP contribution in [0.4, 0.5) is 0 Å². The summed E-state index contributed by atoms with van der Waals surface area (Å²) in [7, 11) is 1.37. The van der Waals surface area contributed by atoms with Gasteiger partial charge in [0, 0.05) is 31.6 Å². The first kappa shape index (κ1) is 21.8. The number of esters is 1. The highest BCUT2D eigenvalue weighted by Gasteiger charge is 2.40. The van der Waals surface area contributed by atoms with Crippen LogP contribution in [0.5, 0.6) is 0 Å². The van der Waals surface area contributed by atoms with E-state index >= 15 is 0 Å². The Morgan fingerprint density at radius 1 is 1.24 bits per heavy atom. The number of ether oxygens (including phenoxy) is 1. The fourth-order valence-electron chi connectivity index (χ4n) is 3.74. The third kappa shape index (κ3) is 7.68. The van der Waals surface area contributed by atoms with Gasteiger partial charge in [0.25, 0.3) is 0 Å². The summed E-state index contributed by atoms with van der Waals surface area (Å²) in [6.07, 6.45) is 6.07. The molecule has 0 heterocycles. The summed E-state index contributed by atoms with van der Waals surface area (Å²) in [5.41, 5.74) is 0. The number of Topliss-reactive ketones (excluding diaryl/α,β-unsaturated/α-hetero) is 2. The smallest absolute Gasteiger partial charge is 0.305 e. The van der Waals surface area contributed by atoms with E-state index in [1.807, 2.05) is 6.92 Å². The average molecular weight is 354 g/mol. The van der Waals surface area contributed by atoms with Crippen LogP contribution in [0.2, 0.25) is 0 Å². The fourth-order valence-corrected chi connectivity index (χ4v) is 3.74. The zero-order valence-electron chi connectivity index (χ0n) is 16.0. The van der Waals surface area contributed by atoms with Crippen molar-refractivity contribution in [3.05, 3.63) is 0 Å². The predicted molar refractivity (Wildman–Crippen MR) is 96.0 cm³/mol. The van der Waals surface area contributed by atoms with Gasteiger partial charge in [-0.05, 0) is 37.5 Å². The van der Waals surface area contributed by atoms with Gasteiger partial charge < -0.3 is 9.84 Å². The molecule has 0 amide bonds. The van der Waals surface area contributed by atoms with E-state index in [0.717, 1.165) is 25.7 Å². The van der Waals surface area contributed by atoms with Gasteiger partial charge in [0.2, 0.25) is 0 Å². The van der Waals surface area contributed by atoms with E-state index in [9.17, 15) is 19.5 Å². The Labute approximate surface area is 151 Å². The standard InChI is InChI=1S/C20H34O5/c1-4-5-6-7-15(21)9-11-17-16(18(22)13-19(17)23)10-8-14(2)12-20(24)25-3/h14,16-17,19,23H,4-13H2,1-3H3/t14?,16-,17-,19-/m1/s1. The third-order valence-electron chi connectivity index (χ3n) is 5.36. The van der Waals surface area contributed by atoms with E-state index in [1.54, 1.807) is 0 Å². The number of hydrogen-bond donors (Lipinski definition) is 1. The molecule has 5 nitrogen and oxygen atoms in total. The lowest BCUT2D eigenvalue weighted by atomic mass is 9.83. The molecule has 0 aromatic carbocycles. The van der Waals surface area contributed by atoms with E-state index < -0.39 is 6.10 Å². The summed E-state index contributed by atoms with van der Waals surface area (Å²) in [6.45, 7) is 4.08. The predicted octanol–water partition coefficient (Wildman–Crippen LogP) is 3.46. The molecule has 0 radical (unpaired) electrons. The average Bonchev–Trinajstić information content (AvgIpc) is 2.84. The van der Waals surface area contributed by atoms with Crippen LogP contribution in [-0.2, 0) is 19.1 Å². The lowest BCUT2D eigenvalue weighted by molar-refractivity contribution is -0.141. The van der Waals surface area contributed by atoms with Gasteiger partial charge in [0.1, 0.15) is 11.6 Å². The molecule has 0 spiro atoms. The number of hydrogen-bond acceptors (Lipinski definition) is 5. The molecule has 1 N–H and O–H groups in total. The van der Waals surface area contributed by atoms with Crippen LogP contribution < -0.4 is 0 Å². The molecule has 1 unspecified atom stereocenters. The summed E-state index contributed by atoms with van der Waals surface area (Å²) < 4.78 is 4.67. The quantitative estimate of drug-likeness (QED) is 0.429. The summed E-state index contributed by atoms with van der Waals surface area (Å²) in [5.74, 6) is -0.0562. The Morgan fingerprint density at radius 2 is 1.96 bits per heavy atom. The van der Waals surface area contributed by atoms with Crippen molar-refractivity contribution in [1.29, 1.82) is 0 Å². The number of aliphatic hydroxyl groups is 1. The largest absolute Gasteiger partial charge is 0.469 e. The van der Waals surface area contributed by atoms with Crippen LogP contribution in [0.25, 0.3) is 0 Å². The van der Waals surface area contributed by atoms with Crippen LogP contribution in [0, 0.1) is 17.8 Å². The monoisotopic (exact) mass is 354 g/mol. The molecule has 0 aliphatic heterocycles. The Hall–Kier alpha value is -1.23. The second-order valence-electron chi connectivity index (χ2n) is 7.51. The first-order chi connectivity index (χ1) is 11.9. The summed E-state index contributed by atoms with van der Waals surface area (Å²) in [5, 5.41) is 10.2. The molecule has 0 aromatic heterocycles. The van der Waals surface area contributed by atoms with Crippen LogP contribution in [0.3, 0.4) is 0 Å². The first-order valence-electron chi connectivity index (χ1n) is 9.68. The van der Waals surface area contributed by atoms with Crippen molar-refractivity contribution in [2.45, 2.75) is 84.2 Å². The highest BCUT2D eigenvalue weighted by atomic mass is 16.5. The van der Waals surface area contributed by atoms with Crippen molar-refractivity contribution >= 4 is 17.5 Å². The van der Waals surface area contributed by atoms with Gasteiger partial charge in [-0.25, -0.2) is 0 Å². The molecule has 1 aliphatic carbocycles. The minimum absolute atomic E-state index is 0.0983. The zero-order chi connectivity index (χ0) is 18.8. The van der Waals surface area contributed by atoms with Crippen molar-refractivity contribution in [3.63, 3.8) is 0 Å². The Balaban J connectivity index is 2.45. The molecule has 0 saturated heterocycles. The van der Waals surface area contributed by atoms with Gasteiger partial charge in [-0.3, -0.25) is 14.4 Å². The van der Waals surface area contributed by atoms with E-state index in [2.05, 4.69) is 11.7 Å². The van der Waals surface area contributed by atoms with Gasteiger partial charge in [-0.2, -0.15) is 0 Å². The minimum atomic E-state index is -0.628. The number of carbonyl (C=O) groups is 3. The molecule has 5 heteroatoms. The number of unbranched alkanes of at least 4 members (excludes halogenated alkanes) is 2. The SMILES string of the molecule is CCCCCC(=O)CC[C@H]1[C@H](O)CC(=O)[C@@H]1CCC(C)CC(=O)OC. The molecule has 0 aromatic rings. The molecule has 4 atom stereocenters. The fraction of sp³-hybridized carbons (Fsp3) is 0.850.